The fourth-order valence-electron chi connectivity index (χ4n) is 1.32. The van der Waals surface area contributed by atoms with Crippen LogP contribution in [0.5, 0.6) is 0 Å². The number of ether oxygens (including phenoxy) is 1. The maximum Gasteiger partial charge on any atom is 0.306 e. The van der Waals surface area contributed by atoms with E-state index in [9.17, 15) is 13.2 Å². The van der Waals surface area contributed by atoms with Crippen molar-refractivity contribution >= 4 is 16.0 Å². The molecule has 0 saturated heterocycles. The molecule has 0 aliphatic carbocycles. The number of carbonyl (C=O) groups excluding carboxylic acids is 1. The molecule has 0 saturated carbocycles. The molecule has 7 heteroatoms. The summed E-state index contributed by atoms with van der Waals surface area (Å²) in [7, 11) is -2.30. The lowest BCUT2D eigenvalue weighted by Gasteiger charge is -2.05. The van der Waals surface area contributed by atoms with Gasteiger partial charge in [-0.3, -0.25) is 4.79 Å². The Balaban J connectivity index is 2.43. The molecule has 1 rings (SSSR count). The van der Waals surface area contributed by atoms with E-state index in [4.69, 9.17) is 5.14 Å². The highest BCUT2D eigenvalue weighted by molar-refractivity contribution is 7.89. The van der Waals surface area contributed by atoms with Crippen LogP contribution < -0.4 is 10.5 Å². The van der Waals surface area contributed by atoms with Crippen LogP contribution >= 0.6 is 0 Å². The van der Waals surface area contributed by atoms with E-state index in [1.807, 2.05) is 0 Å². The van der Waals surface area contributed by atoms with Gasteiger partial charge in [-0.1, -0.05) is 12.1 Å². The molecule has 18 heavy (non-hydrogen) atoms. The number of hydrogen-bond acceptors (Lipinski definition) is 5. The lowest BCUT2D eigenvalue weighted by Crippen LogP contribution is -2.18. The molecule has 1 aromatic rings. The summed E-state index contributed by atoms with van der Waals surface area (Å²) in [5.41, 5.74) is 0.910. The molecular weight excluding hydrogens is 256 g/mol. The van der Waals surface area contributed by atoms with E-state index in [0.717, 1.165) is 5.56 Å². The summed E-state index contributed by atoms with van der Waals surface area (Å²) >= 11 is 0. The minimum Gasteiger partial charge on any atom is -0.469 e. The van der Waals surface area contributed by atoms with Gasteiger partial charge in [0.1, 0.15) is 0 Å². The van der Waals surface area contributed by atoms with Gasteiger partial charge in [-0.15, -0.1) is 0 Å². The van der Waals surface area contributed by atoms with Crippen LogP contribution in [0.15, 0.2) is 29.2 Å². The van der Waals surface area contributed by atoms with Gasteiger partial charge in [0.25, 0.3) is 0 Å². The molecule has 0 spiro atoms. The fourth-order valence-corrected chi connectivity index (χ4v) is 1.84. The topological polar surface area (TPSA) is 98.5 Å². The second kappa shape index (κ2) is 6.48. The van der Waals surface area contributed by atoms with E-state index in [1.54, 1.807) is 12.1 Å². The highest BCUT2D eigenvalue weighted by atomic mass is 32.2. The van der Waals surface area contributed by atoms with Crippen LogP contribution in [0.25, 0.3) is 0 Å². The van der Waals surface area contributed by atoms with Gasteiger partial charge in [-0.05, 0) is 17.7 Å². The number of sulfonamides is 1. The zero-order valence-corrected chi connectivity index (χ0v) is 10.9. The van der Waals surface area contributed by atoms with E-state index in [2.05, 4.69) is 10.1 Å². The number of methoxy groups -OCH3 is 1. The quantitative estimate of drug-likeness (QED) is 0.560. The lowest BCUT2D eigenvalue weighted by atomic mass is 10.2. The van der Waals surface area contributed by atoms with Crippen molar-refractivity contribution in [2.24, 2.45) is 5.14 Å². The Morgan fingerprint density at radius 1 is 1.33 bits per heavy atom. The number of hydrogen-bond donors (Lipinski definition) is 2. The highest BCUT2D eigenvalue weighted by Gasteiger charge is 2.06. The number of rotatable bonds is 6. The minimum absolute atomic E-state index is 0.0841. The van der Waals surface area contributed by atoms with Gasteiger partial charge in [0.2, 0.25) is 10.0 Å². The average molecular weight is 272 g/mol. The molecule has 0 unspecified atom stereocenters. The molecule has 6 nitrogen and oxygen atoms in total. The van der Waals surface area contributed by atoms with E-state index in [-0.39, 0.29) is 10.9 Å². The molecule has 0 aliphatic heterocycles. The zero-order chi connectivity index (χ0) is 13.6. The number of nitrogens with one attached hydrogen (secondary N) is 1. The first-order chi connectivity index (χ1) is 8.43. The summed E-state index contributed by atoms with van der Waals surface area (Å²) in [6.07, 6.45) is 0.297. The van der Waals surface area contributed by atoms with Crippen LogP contribution in [0.1, 0.15) is 12.0 Å². The molecule has 0 heterocycles. The van der Waals surface area contributed by atoms with E-state index >= 15 is 0 Å². The number of benzene rings is 1. The molecule has 1 aromatic carbocycles. The van der Waals surface area contributed by atoms with E-state index < -0.39 is 10.0 Å². The van der Waals surface area contributed by atoms with Crippen molar-refractivity contribution < 1.29 is 17.9 Å². The van der Waals surface area contributed by atoms with E-state index in [1.165, 1.54) is 19.2 Å². The van der Waals surface area contributed by atoms with Gasteiger partial charge < -0.3 is 10.1 Å². The van der Waals surface area contributed by atoms with Crippen molar-refractivity contribution in [1.29, 1.82) is 0 Å². The van der Waals surface area contributed by atoms with Gasteiger partial charge in [0.15, 0.2) is 0 Å². The minimum atomic E-state index is -3.64. The maximum absolute atomic E-state index is 11.0. The summed E-state index contributed by atoms with van der Waals surface area (Å²) in [5.74, 6) is -0.271. The third-order valence-corrected chi connectivity index (χ3v) is 3.24. The molecule has 3 N–H and O–H groups in total. The van der Waals surface area contributed by atoms with Gasteiger partial charge in [0.05, 0.1) is 18.4 Å². The van der Waals surface area contributed by atoms with Gasteiger partial charge in [-0.25, -0.2) is 13.6 Å². The summed E-state index contributed by atoms with van der Waals surface area (Å²) < 4.78 is 26.5. The van der Waals surface area contributed by atoms with Crippen molar-refractivity contribution in [3.05, 3.63) is 29.8 Å². The first kappa shape index (κ1) is 14.6. The van der Waals surface area contributed by atoms with Crippen molar-refractivity contribution in [2.45, 2.75) is 17.9 Å². The Morgan fingerprint density at radius 3 is 2.44 bits per heavy atom. The van der Waals surface area contributed by atoms with E-state index in [0.29, 0.717) is 19.5 Å². The summed E-state index contributed by atoms with van der Waals surface area (Å²) in [6.45, 7) is 1.05. The van der Waals surface area contributed by atoms with Gasteiger partial charge in [-0.2, -0.15) is 0 Å². The van der Waals surface area contributed by atoms with Crippen LogP contribution in [0.4, 0.5) is 0 Å². The summed E-state index contributed by atoms with van der Waals surface area (Å²) in [4.78, 5) is 10.9. The second-order valence-corrected chi connectivity index (χ2v) is 5.25. The first-order valence-corrected chi connectivity index (χ1v) is 6.87. The van der Waals surface area contributed by atoms with Gasteiger partial charge in [0, 0.05) is 13.1 Å². The molecule has 0 aliphatic rings. The zero-order valence-electron chi connectivity index (χ0n) is 10.0. The van der Waals surface area contributed by atoms with Crippen molar-refractivity contribution in [2.75, 3.05) is 13.7 Å². The molecular formula is C11H16N2O4S. The summed E-state index contributed by atoms with van der Waals surface area (Å²) in [5, 5.41) is 8.03. The molecule has 0 aromatic heterocycles. The predicted octanol–water partition coefficient (Wildman–Crippen LogP) is -0.0133. The number of nitrogens with two attached hydrogens (primary N) is 1. The predicted molar refractivity (Wildman–Crippen MR) is 66.2 cm³/mol. The highest BCUT2D eigenvalue weighted by Crippen LogP contribution is 2.08. The van der Waals surface area contributed by atoms with Crippen LogP contribution in [0.3, 0.4) is 0 Å². The number of carbonyl (C=O) groups is 1. The first-order valence-electron chi connectivity index (χ1n) is 5.33. The lowest BCUT2D eigenvalue weighted by molar-refractivity contribution is -0.140. The Bertz CT molecular complexity index is 496. The van der Waals surface area contributed by atoms with Crippen molar-refractivity contribution in [1.82, 2.24) is 5.32 Å². The third-order valence-electron chi connectivity index (χ3n) is 2.31. The van der Waals surface area contributed by atoms with Crippen LogP contribution in [-0.4, -0.2) is 28.0 Å². The smallest absolute Gasteiger partial charge is 0.306 e. The number of primary sulfonamides is 1. The maximum atomic E-state index is 11.0. The molecule has 0 bridgehead atoms. The molecule has 0 radical (unpaired) electrons. The number of esters is 1. The fraction of sp³-hybridized carbons (Fsp3) is 0.364. The van der Waals surface area contributed by atoms with Crippen molar-refractivity contribution in [3.8, 4) is 0 Å². The Hall–Kier alpha value is -1.44. The monoisotopic (exact) mass is 272 g/mol. The largest absolute Gasteiger partial charge is 0.469 e. The third kappa shape index (κ3) is 4.82. The van der Waals surface area contributed by atoms with Crippen LogP contribution in [-0.2, 0) is 26.1 Å². The second-order valence-electron chi connectivity index (χ2n) is 3.69. The molecule has 0 atom stereocenters. The average Bonchev–Trinajstić information content (AvgIpc) is 2.33. The Kier molecular flexibility index (Phi) is 5.26. The van der Waals surface area contributed by atoms with Crippen molar-refractivity contribution in [3.63, 3.8) is 0 Å². The molecule has 100 valence electrons. The van der Waals surface area contributed by atoms with Crippen LogP contribution in [0, 0.1) is 0 Å². The Labute approximate surface area is 106 Å². The SMILES string of the molecule is COC(=O)CCNCc1ccc(S(N)(=O)=O)cc1. The standard InChI is InChI=1S/C11H16N2O4S/c1-17-11(14)6-7-13-8-9-2-4-10(5-3-9)18(12,15)16/h2-5,13H,6-8H2,1H3,(H2,12,15,16). The normalized spacial score (nSPS) is 11.2. The molecule has 0 fully saturated rings. The Morgan fingerprint density at radius 2 is 1.94 bits per heavy atom. The van der Waals surface area contributed by atoms with Gasteiger partial charge >= 0.3 is 5.97 Å². The summed E-state index contributed by atoms with van der Waals surface area (Å²) in [6, 6.07) is 6.25. The molecule has 0 amide bonds. The van der Waals surface area contributed by atoms with Crippen LogP contribution in [0.2, 0.25) is 0 Å².